The second-order valence-electron chi connectivity index (χ2n) is 11.4. The van der Waals surface area contributed by atoms with Gasteiger partial charge >= 0.3 is 0 Å². The van der Waals surface area contributed by atoms with Crippen LogP contribution >= 0.6 is 0 Å². The van der Waals surface area contributed by atoms with Crippen LogP contribution < -0.4 is 0 Å². The van der Waals surface area contributed by atoms with Crippen LogP contribution in [0.4, 0.5) is 0 Å². The molecule has 2 atom stereocenters. The summed E-state index contributed by atoms with van der Waals surface area (Å²) < 4.78 is 7.99. The molecule has 1 saturated heterocycles. The third-order valence-electron chi connectivity index (χ3n) is 9.02. The van der Waals surface area contributed by atoms with Crippen LogP contribution in [0.25, 0.3) is 22.2 Å². The lowest BCUT2D eigenvalue weighted by molar-refractivity contribution is -0.141. The summed E-state index contributed by atoms with van der Waals surface area (Å²) in [4.78, 5) is 28.0. The van der Waals surface area contributed by atoms with E-state index in [0.717, 1.165) is 43.9 Å². The van der Waals surface area contributed by atoms with Crippen LogP contribution in [0.5, 0.6) is 0 Å². The smallest absolute Gasteiger partial charge is 0.231 e. The highest BCUT2D eigenvalue weighted by atomic mass is 16.5. The molecule has 2 aromatic carbocycles. The van der Waals surface area contributed by atoms with E-state index in [2.05, 4.69) is 49.6 Å². The summed E-state index contributed by atoms with van der Waals surface area (Å²) >= 11 is 0. The number of nitrogens with zero attached hydrogens (tertiary/aromatic N) is 2. The Morgan fingerprint density at radius 1 is 1.11 bits per heavy atom. The lowest BCUT2D eigenvalue weighted by Crippen LogP contribution is -2.45. The number of aromatic nitrogens is 1. The Morgan fingerprint density at radius 2 is 1.86 bits per heavy atom. The molecule has 3 aliphatic rings. The average molecular weight is 499 g/mol. The molecule has 2 fully saturated rings. The zero-order valence-corrected chi connectivity index (χ0v) is 22.4. The van der Waals surface area contributed by atoms with Gasteiger partial charge in [0.15, 0.2) is 0 Å². The van der Waals surface area contributed by atoms with Gasteiger partial charge in [0, 0.05) is 47.6 Å². The number of carbonyl (C=O) groups excluding carboxylic acids is 2. The van der Waals surface area contributed by atoms with E-state index >= 15 is 0 Å². The van der Waals surface area contributed by atoms with Gasteiger partial charge in [0.25, 0.3) is 0 Å². The number of amides is 1. The molecule has 194 valence electrons. The van der Waals surface area contributed by atoms with Crippen LogP contribution in [0.15, 0.2) is 36.4 Å². The molecule has 0 radical (unpaired) electrons. The Hall–Kier alpha value is -2.92. The van der Waals surface area contributed by atoms with E-state index < -0.39 is 5.41 Å². The first-order valence-electron chi connectivity index (χ1n) is 14.1. The van der Waals surface area contributed by atoms with Gasteiger partial charge in [-0.25, -0.2) is 0 Å². The van der Waals surface area contributed by atoms with Gasteiger partial charge in [-0.2, -0.15) is 0 Å². The van der Waals surface area contributed by atoms with Crippen molar-refractivity contribution in [2.75, 3.05) is 26.3 Å². The van der Waals surface area contributed by atoms with E-state index in [9.17, 15) is 9.59 Å². The van der Waals surface area contributed by atoms with Crippen LogP contribution in [0.3, 0.4) is 0 Å². The van der Waals surface area contributed by atoms with Crippen molar-refractivity contribution in [1.82, 2.24) is 9.47 Å². The fraction of sp³-hybridized carbons (Fsp3) is 0.500. The number of aldehydes is 1. The van der Waals surface area contributed by atoms with Crippen LogP contribution in [-0.4, -0.2) is 48.0 Å². The largest absolute Gasteiger partial charge is 0.378 e. The topological polar surface area (TPSA) is 51.5 Å². The van der Waals surface area contributed by atoms with Crippen LogP contribution in [0, 0.1) is 12.3 Å². The van der Waals surface area contributed by atoms with Crippen LogP contribution in [0.1, 0.15) is 84.8 Å². The molecular formula is C32H38N2O3. The molecular weight excluding hydrogens is 460 g/mol. The van der Waals surface area contributed by atoms with E-state index in [-0.39, 0.29) is 11.8 Å². The van der Waals surface area contributed by atoms with Gasteiger partial charge in [-0.05, 0) is 49.3 Å². The maximum Gasteiger partial charge on any atom is 0.231 e. The molecule has 3 aromatic rings. The quantitative estimate of drug-likeness (QED) is 0.351. The normalized spacial score (nSPS) is 22.4. The van der Waals surface area contributed by atoms with Gasteiger partial charge in [-0.3, -0.25) is 9.59 Å². The minimum Gasteiger partial charge on any atom is -0.378 e. The van der Waals surface area contributed by atoms with E-state index in [4.69, 9.17) is 4.74 Å². The van der Waals surface area contributed by atoms with Gasteiger partial charge in [0.2, 0.25) is 5.91 Å². The number of rotatable bonds is 7. The van der Waals surface area contributed by atoms with Gasteiger partial charge in [0.1, 0.15) is 6.29 Å². The lowest BCUT2D eigenvalue weighted by atomic mass is 9.85. The first-order valence-corrected chi connectivity index (χ1v) is 14.1. The van der Waals surface area contributed by atoms with Crippen LogP contribution in [-0.2, 0) is 16.1 Å². The van der Waals surface area contributed by atoms with Crippen molar-refractivity contribution in [3.63, 3.8) is 0 Å². The molecule has 5 nitrogen and oxygen atoms in total. The van der Waals surface area contributed by atoms with E-state index in [1.807, 2.05) is 17.0 Å². The maximum absolute atomic E-state index is 14.2. The number of hydrogen-bond donors (Lipinski definition) is 0. The molecule has 1 saturated carbocycles. The molecule has 6 rings (SSSR count). The standard InChI is InChI=1S/C32H38N2O3/c1-4-6-23(7-5-2)29-25-11-9-22(19-35)17-28(25)34-20-32(31(36)33-12-14-37-15-13-33)18-27(32)26-16-21(3)8-10-24(26)30(29)34/h8-11,16-17,19,23,27H,4-7,12-15,18,20H2,1-3H3. The number of ether oxygens (including phenoxy) is 1. The predicted molar refractivity (Wildman–Crippen MR) is 147 cm³/mol. The Balaban J connectivity index is 1.62. The second-order valence-corrected chi connectivity index (χ2v) is 11.4. The predicted octanol–water partition coefficient (Wildman–Crippen LogP) is 6.46. The summed E-state index contributed by atoms with van der Waals surface area (Å²) in [6.45, 7) is 9.93. The molecule has 1 aliphatic carbocycles. The van der Waals surface area contributed by atoms with E-state index in [1.165, 1.54) is 33.3 Å². The molecule has 0 bridgehead atoms. The van der Waals surface area contributed by atoms with Crippen molar-refractivity contribution in [3.8, 4) is 11.3 Å². The highest BCUT2D eigenvalue weighted by molar-refractivity contribution is 5.98. The van der Waals surface area contributed by atoms with Crippen molar-refractivity contribution in [2.24, 2.45) is 5.41 Å². The van der Waals surface area contributed by atoms with Gasteiger partial charge in [0.05, 0.1) is 24.3 Å². The summed E-state index contributed by atoms with van der Waals surface area (Å²) in [6.07, 6.45) is 6.36. The molecule has 2 aliphatic heterocycles. The van der Waals surface area contributed by atoms with Crippen molar-refractivity contribution >= 4 is 23.1 Å². The second kappa shape index (κ2) is 9.43. The summed E-state index contributed by atoms with van der Waals surface area (Å²) in [6, 6.07) is 13.0. The highest BCUT2D eigenvalue weighted by Crippen LogP contribution is 2.65. The average Bonchev–Trinajstić information content (AvgIpc) is 3.59. The third-order valence-corrected chi connectivity index (χ3v) is 9.02. The SMILES string of the molecule is CCCC(CCC)c1c2n(c3cc(C=O)ccc13)CC1(C(=O)N3CCOCC3)CC1c1cc(C)ccc1-2. The molecule has 5 heteroatoms. The van der Waals surface area contributed by atoms with Crippen molar-refractivity contribution in [3.05, 3.63) is 58.7 Å². The lowest BCUT2D eigenvalue weighted by Gasteiger charge is -2.31. The summed E-state index contributed by atoms with van der Waals surface area (Å²) in [7, 11) is 0. The zero-order valence-electron chi connectivity index (χ0n) is 22.4. The number of morpholine rings is 1. The first-order chi connectivity index (χ1) is 18.0. The molecule has 0 spiro atoms. The highest BCUT2D eigenvalue weighted by Gasteiger charge is 2.63. The minimum absolute atomic E-state index is 0.227. The molecule has 3 heterocycles. The molecule has 37 heavy (non-hydrogen) atoms. The van der Waals surface area contributed by atoms with Crippen molar-refractivity contribution < 1.29 is 14.3 Å². The third kappa shape index (κ3) is 3.85. The molecule has 2 unspecified atom stereocenters. The van der Waals surface area contributed by atoms with Gasteiger partial charge in [-0.1, -0.05) is 62.6 Å². The summed E-state index contributed by atoms with van der Waals surface area (Å²) in [5.41, 5.74) is 7.89. The number of aryl methyl sites for hydroxylation is 1. The van der Waals surface area contributed by atoms with Crippen LogP contribution in [0.2, 0.25) is 0 Å². The maximum atomic E-state index is 14.2. The van der Waals surface area contributed by atoms with Gasteiger partial charge < -0.3 is 14.2 Å². The number of benzene rings is 2. The van der Waals surface area contributed by atoms with E-state index in [1.54, 1.807) is 0 Å². The van der Waals surface area contributed by atoms with Crippen molar-refractivity contribution in [1.29, 1.82) is 0 Å². The Kier molecular flexibility index (Phi) is 6.22. The van der Waals surface area contributed by atoms with E-state index in [0.29, 0.717) is 44.3 Å². The Morgan fingerprint density at radius 3 is 2.57 bits per heavy atom. The Labute approximate surface area is 219 Å². The van der Waals surface area contributed by atoms with Crippen molar-refractivity contribution in [2.45, 2.75) is 71.3 Å². The monoisotopic (exact) mass is 498 g/mol. The molecule has 1 aromatic heterocycles. The molecule has 0 N–H and O–H groups in total. The first kappa shape index (κ1) is 24.4. The minimum atomic E-state index is -0.434. The zero-order chi connectivity index (χ0) is 25.7. The summed E-state index contributed by atoms with van der Waals surface area (Å²) in [5, 5.41) is 1.24. The van der Waals surface area contributed by atoms with Gasteiger partial charge in [-0.15, -0.1) is 0 Å². The fourth-order valence-corrected chi connectivity index (χ4v) is 7.21. The fourth-order valence-electron chi connectivity index (χ4n) is 7.21. The number of fused-ring (bicyclic) bond motifs is 7. The molecule has 1 amide bonds. The summed E-state index contributed by atoms with van der Waals surface area (Å²) in [5.74, 6) is 0.950. The Bertz CT molecular complexity index is 1360. The number of carbonyl (C=O) groups is 2. The number of hydrogen-bond acceptors (Lipinski definition) is 3.